The second kappa shape index (κ2) is 6.92. The van der Waals surface area contributed by atoms with Gasteiger partial charge in [0.15, 0.2) is 0 Å². The highest BCUT2D eigenvalue weighted by atomic mass is 16.5. The van der Waals surface area contributed by atoms with Gasteiger partial charge in [0, 0.05) is 7.05 Å². The molecule has 126 valence electrons. The fraction of sp³-hybridized carbons (Fsp3) is 0.238. The van der Waals surface area contributed by atoms with E-state index >= 15 is 0 Å². The number of amides is 1. The molecule has 0 bridgehead atoms. The van der Waals surface area contributed by atoms with Gasteiger partial charge in [-0.25, -0.2) is 0 Å². The van der Waals surface area contributed by atoms with E-state index in [1.165, 1.54) is 0 Å². The maximum Gasteiger partial charge on any atom is 0.274 e. The Hall–Kier alpha value is -2.90. The number of likely N-dealkylation sites (N-methyl/N-ethyl adjacent to an activating group) is 1. The molecule has 0 spiro atoms. The highest BCUT2D eigenvalue weighted by Gasteiger charge is 2.49. The molecule has 0 unspecified atom stereocenters. The Morgan fingerprint density at radius 2 is 1.72 bits per heavy atom. The number of hydrogen-bond donors (Lipinski definition) is 0. The third-order valence-corrected chi connectivity index (χ3v) is 4.60. The molecule has 0 saturated carbocycles. The molecule has 0 aromatic heterocycles. The Bertz CT molecular complexity index is 811. The van der Waals surface area contributed by atoms with Crippen LogP contribution in [0.5, 0.6) is 0 Å². The van der Waals surface area contributed by atoms with Gasteiger partial charge in [-0.15, -0.1) is 0 Å². The van der Waals surface area contributed by atoms with E-state index in [0.717, 1.165) is 11.1 Å². The molecule has 1 amide bonds. The van der Waals surface area contributed by atoms with Crippen molar-refractivity contribution in [3.63, 3.8) is 0 Å². The molecule has 3 atom stereocenters. The third kappa shape index (κ3) is 3.19. The number of carbonyl (C=O) groups is 1. The zero-order valence-electron chi connectivity index (χ0n) is 14.3. The summed E-state index contributed by atoms with van der Waals surface area (Å²) in [5.74, 6) is -0.345. The van der Waals surface area contributed by atoms with Gasteiger partial charge in [0.25, 0.3) is 11.5 Å². The van der Waals surface area contributed by atoms with E-state index in [1.54, 1.807) is 24.1 Å². The van der Waals surface area contributed by atoms with E-state index in [0.29, 0.717) is 0 Å². The summed E-state index contributed by atoms with van der Waals surface area (Å²) in [7, 11) is 1.72. The number of carbonyl (C=O) groups excluding carboxylic acids is 1. The average molecular weight is 332 g/mol. The first kappa shape index (κ1) is 16.9. The summed E-state index contributed by atoms with van der Waals surface area (Å²) >= 11 is 0. The molecule has 0 N–H and O–H groups in total. The summed E-state index contributed by atoms with van der Waals surface area (Å²) in [6.07, 6.45) is 2.94. The predicted octanol–water partition coefficient (Wildman–Crippen LogP) is 3.58. The molecule has 1 heterocycles. The topological polar surface area (TPSA) is 53.3 Å². The molecule has 2 aromatic rings. The van der Waals surface area contributed by atoms with E-state index in [9.17, 15) is 10.1 Å². The number of morpholine rings is 1. The van der Waals surface area contributed by atoms with Crippen molar-refractivity contribution in [1.29, 1.82) is 5.26 Å². The second-order valence-electron chi connectivity index (χ2n) is 6.20. The van der Waals surface area contributed by atoms with Crippen LogP contribution in [0.3, 0.4) is 0 Å². The standard InChI is InChI=1S/C21H20N2O2/c1-16-19(18-11-7-4-8-12-18)25-21(15-22,20(24)23(16)2)14-13-17-9-5-3-6-10-17/h3-14,16,19H,1-2H3/b14-13+/t16-,19-,21-/m0/s1. The molecule has 4 nitrogen and oxygen atoms in total. The molecule has 3 rings (SSSR count). The highest BCUT2D eigenvalue weighted by molar-refractivity contribution is 5.92. The van der Waals surface area contributed by atoms with Crippen molar-refractivity contribution >= 4 is 12.0 Å². The fourth-order valence-corrected chi connectivity index (χ4v) is 2.99. The third-order valence-electron chi connectivity index (χ3n) is 4.60. The maximum absolute atomic E-state index is 12.8. The van der Waals surface area contributed by atoms with Gasteiger partial charge in [0.05, 0.1) is 6.04 Å². The van der Waals surface area contributed by atoms with Gasteiger partial charge in [-0.05, 0) is 24.1 Å². The monoisotopic (exact) mass is 332 g/mol. The van der Waals surface area contributed by atoms with Gasteiger partial charge in [0.1, 0.15) is 12.2 Å². The molecule has 1 fully saturated rings. The smallest absolute Gasteiger partial charge is 0.274 e. The molecule has 0 aliphatic carbocycles. The second-order valence-corrected chi connectivity index (χ2v) is 6.20. The average Bonchev–Trinajstić information content (AvgIpc) is 2.68. The van der Waals surface area contributed by atoms with Crippen LogP contribution >= 0.6 is 0 Å². The van der Waals surface area contributed by atoms with Crippen molar-refractivity contribution in [2.75, 3.05) is 7.05 Å². The summed E-state index contributed by atoms with van der Waals surface area (Å²) in [5.41, 5.74) is 0.227. The number of hydrogen-bond acceptors (Lipinski definition) is 3. The van der Waals surface area contributed by atoms with Gasteiger partial charge in [-0.2, -0.15) is 5.26 Å². The van der Waals surface area contributed by atoms with Crippen molar-refractivity contribution in [2.45, 2.75) is 24.7 Å². The quantitative estimate of drug-likeness (QED) is 0.863. The normalized spacial score (nSPS) is 26.6. The number of rotatable bonds is 3. The summed E-state index contributed by atoms with van der Waals surface area (Å²) in [5, 5.41) is 9.78. The van der Waals surface area contributed by atoms with Crippen LogP contribution in [0.15, 0.2) is 66.7 Å². The lowest BCUT2D eigenvalue weighted by atomic mass is 9.93. The van der Waals surface area contributed by atoms with E-state index < -0.39 is 5.60 Å². The molecule has 1 saturated heterocycles. The Morgan fingerprint density at radius 1 is 1.12 bits per heavy atom. The number of nitrogens with zero attached hydrogens (tertiary/aromatic N) is 2. The largest absolute Gasteiger partial charge is 0.338 e. The minimum atomic E-state index is -1.63. The Balaban J connectivity index is 1.98. The summed E-state index contributed by atoms with van der Waals surface area (Å²) < 4.78 is 6.09. The predicted molar refractivity (Wildman–Crippen MR) is 96.3 cm³/mol. The highest BCUT2D eigenvalue weighted by Crippen LogP contribution is 2.36. The summed E-state index contributed by atoms with van der Waals surface area (Å²) in [6.45, 7) is 1.93. The van der Waals surface area contributed by atoms with Gasteiger partial charge >= 0.3 is 0 Å². The van der Waals surface area contributed by atoms with Crippen LogP contribution in [0.25, 0.3) is 6.08 Å². The van der Waals surface area contributed by atoms with E-state index in [2.05, 4.69) is 6.07 Å². The number of benzene rings is 2. The molecule has 4 heteroatoms. The molecule has 1 aliphatic rings. The Kier molecular flexibility index (Phi) is 4.69. The van der Waals surface area contributed by atoms with E-state index in [4.69, 9.17) is 4.74 Å². The first-order valence-electron chi connectivity index (χ1n) is 8.23. The molecule has 1 aliphatic heterocycles. The van der Waals surface area contributed by atoms with E-state index in [1.807, 2.05) is 67.6 Å². The van der Waals surface area contributed by atoms with Crippen molar-refractivity contribution in [2.24, 2.45) is 0 Å². The van der Waals surface area contributed by atoms with E-state index in [-0.39, 0.29) is 18.1 Å². The van der Waals surface area contributed by atoms with Crippen LogP contribution in [-0.2, 0) is 9.53 Å². The lowest BCUT2D eigenvalue weighted by Gasteiger charge is -2.43. The maximum atomic E-state index is 12.8. The van der Waals surface area contributed by atoms with Crippen molar-refractivity contribution in [3.05, 3.63) is 77.9 Å². The zero-order valence-corrected chi connectivity index (χ0v) is 14.3. The molecule has 25 heavy (non-hydrogen) atoms. The number of nitriles is 1. The Labute approximate surface area is 148 Å². The first-order chi connectivity index (χ1) is 12.1. The first-order valence-corrected chi connectivity index (χ1v) is 8.23. The number of ether oxygens (including phenoxy) is 1. The zero-order chi connectivity index (χ0) is 17.9. The van der Waals surface area contributed by atoms with Crippen LogP contribution in [-0.4, -0.2) is 29.5 Å². The SMILES string of the molecule is C[C@H]1[C@@H](c2ccccc2)O[C@](C#N)(/C=C/c2ccccc2)C(=O)N1C. The van der Waals surface area contributed by atoms with Crippen molar-refractivity contribution in [3.8, 4) is 6.07 Å². The fourth-order valence-electron chi connectivity index (χ4n) is 2.99. The van der Waals surface area contributed by atoms with Crippen molar-refractivity contribution < 1.29 is 9.53 Å². The molecular weight excluding hydrogens is 312 g/mol. The Morgan fingerprint density at radius 3 is 2.32 bits per heavy atom. The van der Waals surface area contributed by atoms with Crippen LogP contribution < -0.4 is 0 Å². The van der Waals surface area contributed by atoms with Crippen molar-refractivity contribution in [1.82, 2.24) is 4.90 Å². The van der Waals surface area contributed by atoms with Gasteiger partial charge < -0.3 is 9.64 Å². The lowest BCUT2D eigenvalue weighted by Crippen LogP contribution is -2.58. The molecule has 0 radical (unpaired) electrons. The minimum Gasteiger partial charge on any atom is -0.338 e. The van der Waals surface area contributed by atoms with Crippen LogP contribution in [0.1, 0.15) is 24.2 Å². The minimum absolute atomic E-state index is 0.165. The van der Waals surface area contributed by atoms with Gasteiger partial charge in [0.2, 0.25) is 0 Å². The van der Waals surface area contributed by atoms with Crippen LogP contribution in [0, 0.1) is 11.3 Å². The van der Waals surface area contributed by atoms with Crippen LogP contribution in [0.2, 0.25) is 0 Å². The molecule has 2 aromatic carbocycles. The lowest BCUT2D eigenvalue weighted by molar-refractivity contribution is -0.174. The van der Waals surface area contributed by atoms with Crippen LogP contribution in [0.4, 0.5) is 0 Å². The summed E-state index contributed by atoms with van der Waals surface area (Å²) in [6, 6.07) is 21.2. The summed E-state index contributed by atoms with van der Waals surface area (Å²) in [4.78, 5) is 14.4. The van der Waals surface area contributed by atoms with Gasteiger partial charge in [-0.1, -0.05) is 66.7 Å². The molecular formula is C21H20N2O2. The van der Waals surface area contributed by atoms with Gasteiger partial charge in [-0.3, -0.25) is 4.79 Å².